The van der Waals surface area contributed by atoms with Crippen molar-refractivity contribution in [1.29, 1.82) is 0 Å². The Kier molecular flexibility index (Phi) is 4.41. The highest BCUT2D eigenvalue weighted by molar-refractivity contribution is 7.11. The van der Waals surface area contributed by atoms with E-state index in [4.69, 9.17) is 4.98 Å². The van der Waals surface area contributed by atoms with Crippen LogP contribution in [-0.4, -0.2) is 36.6 Å². The minimum atomic E-state index is 0.105. The number of hydrogen-bond acceptors (Lipinski definition) is 4. The summed E-state index contributed by atoms with van der Waals surface area (Å²) in [4.78, 5) is 8.71. The minimum Gasteiger partial charge on any atom is -0.308 e. The number of aryl methyl sites for hydroxylation is 2. The third kappa shape index (κ3) is 2.60. The van der Waals surface area contributed by atoms with Crippen molar-refractivity contribution in [3.8, 4) is 0 Å². The molecule has 1 aliphatic rings. The molecule has 0 aromatic carbocycles. The van der Waals surface area contributed by atoms with Crippen LogP contribution in [0.5, 0.6) is 0 Å². The fraction of sp³-hybridized carbons (Fsp3) is 0.786. The van der Waals surface area contributed by atoms with E-state index in [0.717, 1.165) is 6.54 Å². The van der Waals surface area contributed by atoms with Gasteiger partial charge in [-0.25, -0.2) is 4.98 Å². The number of rotatable bonds is 3. The van der Waals surface area contributed by atoms with Gasteiger partial charge in [0.1, 0.15) is 5.01 Å². The summed E-state index contributed by atoms with van der Waals surface area (Å²) in [6, 6.07) is 0. The number of thiazole rings is 1. The molecule has 1 N–H and O–H groups in total. The van der Waals surface area contributed by atoms with Gasteiger partial charge in [0.15, 0.2) is 0 Å². The van der Waals surface area contributed by atoms with E-state index in [-0.39, 0.29) is 5.54 Å². The van der Waals surface area contributed by atoms with Crippen LogP contribution in [0.4, 0.5) is 0 Å². The van der Waals surface area contributed by atoms with Gasteiger partial charge in [0, 0.05) is 11.4 Å². The van der Waals surface area contributed by atoms with Gasteiger partial charge in [-0.1, -0.05) is 6.92 Å². The Morgan fingerprint density at radius 1 is 1.33 bits per heavy atom. The molecular weight excluding hydrogens is 242 g/mol. The summed E-state index contributed by atoms with van der Waals surface area (Å²) in [5.74, 6) is 0. The van der Waals surface area contributed by atoms with E-state index in [9.17, 15) is 0 Å². The molecule has 2 rings (SSSR count). The highest BCUT2D eigenvalue weighted by atomic mass is 32.1. The normalized spacial score (nSPS) is 26.2. The number of aromatic nitrogens is 1. The minimum absolute atomic E-state index is 0.105. The van der Waals surface area contributed by atoms with Crippen LogP contribution in [-0.2, 0) is 5.54 Å². The van der Waals surface area contributed by atoms with Crippen molar-refractivity contribution >= 4 is 11.3 Å². The van der Waals surface area contributed by atoms with E-state index in [1.54, 1.807) is 0 Å². The summed E-state index contributed by atoms with van der Waals surface area (Å²) in [7, 11) is 2.09. The van der Waals surface area contributed by atoms with Crippen molar-refractivity contribution < 1.29 is 0 Å². The zero-order chi connectivity index (χ0) is 13.2. The van der Waals surface area contributed by atoms with Gasteiger partial charge in [-0.15, -0.1) is 11.3 Å². The highest BCUT2D eigenvalue weighted by Gasteiger charge is 2.35. The Labute approximate surface area is 115 Å². The van der Waals surface area contributed by atoms with E-state index in [1.165, 1.54) is 47.9 Å². The third-order valence-corrected chi connectivity index (χ3v) is 5.57. The Balaban J connectivity index is 2.24. The summed E-state index contributed by atoms with van der Waals surface area (Å²) in [6.45, 7) is 10.1. The van der Waals surface area contributed by atoms with Crippen LogP contribution < -0.4 is 5.32 Å². The summed E-state index contributed by atoms with van der Waals surface area (Å²) in [5.41, 5.74) is 1.30. The first-order valence-corrected chi connectivity index (χ1v) is 7.78. The summed E-state index contributed by atoms with van der Waals surface area (Å²) in [6.07, 6.45) is 3.63. The predicted molar refractivity (Wildman–Crippen MR) is 78.3 cm³/mol. The van der Waals surface area contributed by atoms with Crippen molar-refractivity contribution in [2.24, 2.45) is 0 Å². The summed E-state index contributed by atoms with van der Waals surface area (Å²) >= 11 is 1.87. The molecule has 0 amide bonds. The molecule has 1 unspecified atom stereocenters. The molecule has 1 saturated heterocycles. The molecule has 102 valence electrons. The molecular formula is C14H25N3S. The Hall–Kier alpha value is -0.450. The van der Waals surface area contributed by atoms with Gasteiger partial charge < -0.3 is 10.2 Å². The summed E-state index contributed by atoms with van der Waals surface area (Å²) in [5, 5.41) is 4.87. The molecule has 1 fully saturated rings. The van der Waals surface area contributed by atoms with Gasteiger partial charge in [-0.2, -0.15) is 0 Å². The van der Waals surface area contributed by atoms with Crippen LogP contribution in [0.15, 0.2) is 0 Å². The zero-order valence-corrected chi connectivity index (χ0v) is 12.9. The largest absolute Gasteiger partial charge is 0.308 e. The molecule has 4 heteroatoms. The molecule has 18 heavy (non-hydrogen) atoms. The monoisotopic (exact) mass is 267 g/mol. The SMILES string of the molecule is CCN1CCCC(NC)(c2nc(C)c(C)s2)CC1. The smallest absolute Gasteiger partial charge is 0.113 e. The lowest BCUT2D eigenvalue weighted by Gasteiger charge is -2.30. The number of hydrogen-bond donors (Lipinski definition) is 1. The first kappa shape index (κ1) is 14.0. The lowest BCUT2D eigenvalue weighted by atomic mass is 9.91. The quantitative estimate of drug-likeness (QED) is 0.912. The molecule has 0 saturated carbocycles. The lowest BCUT2D eigenvalue weighted by Crippen LogP contribution is -2.41. The molecule has 0 bridgehead atoms. The second-order valence-electron chi connectivity index (χ2n) is 5.28. The Morgan fingerprint density at radius 2 is 2.11 bits per heavy atom. The van der Waals surface area contributed by atoms with Crippen LogP contribution in [0.3, 0.4) is 0 Å². The van der Waals surface area contributed by atoms with Crippen LogP contribution in [0.2, 0.25) is 0 Å². The topological polar surface area (TPSA) is 28.2 Å². The fourth-order valence-electron chi connectivity index (χ4n) is 2.75. The van der Waals surface area contributed by atoms with Crippen molar-refractivity contribution in [1.82, 2.24) is 15.2 Å². The fourth-order valence-corrected chi connectivity index (χ4v) is 3.92. The average Bonchev–Trinajstić information content (AvgIpc) is 2.62. The van der Waals surface area contributed by atoms with Crippen LogP contribution in [0.1, 0.15) is 41.8 Å². The Morgan fingerprint density at radius 3 is 2.67 bits per heavy atom. The average molecular weight is 267 g/mol. The van der Waals surface area contributed by atoms with Crippen LogP contribution in [0, 0.1) is 13.8 Å². The zero-order valence-electron chi connectivity index (χ0n) is 12.0. The first-order chi connectivity index (χ1) is 8.61. The molecule has 1 aliphatic heterocycles. The molecule has 2 heterocycles. The van der Waals surface area contributed by atoms with Gasteiger partial charge in [0.05, 0.1) is 11.2 Å². The lowest BCUT2D eigenvalue weighted by molar-refractivity contribution is 0.273. The van der Waals surface area contributed by atoms with E-state index in [1.807, 2.05) is 11.3 Å². The Bertz CT molecular complexity index is 382. The maximum atomic E-state index is 4.81. The maximum Gasteiger partial charge on any atom is 0.113 e. The van der Waals surface area contributed by atoms with Gasteiger partial charge in [0.2, 0.25) is 0 Å². The molecule has 1 aromatic rings. The van der Waals surface area contributed by atoms with E-state index in [0.29, 0.717) is 0 Å². The molecule has 0 spiro atoms. The van der Waals surface area contributed by atoms with Gasteiger partial charge >= 0.3 is 0 Å². The van der Waals surface area contributed by atoms with Gasteiger partial charge in [0.25, 0.3) is 0 Å². The third-order valence-electron chi connectivity index (χ3n) is 4.30. The molecule has 0 radical (unpaired) electrons. The second-order valence-corrected chi connectivity index (χ2v) is 6.48. The number of nitrogens with one attached hydrogen (secondary N) is 1. The molecule has 1 aromatic heterocycles. The van der Waals surface area contributed by atoms with Gasteiger partial charge in [-0.05, 0) is 53.2 Å². The number of nitrogens with zero attached hydrogens (tertiary/aromatic N) is 2. The van der Waals surface area contributed by atoms with Crippen molar-refractivity contribution in [2.75, 3.05) is 26.7 Å². The van der Waals surface area contributed by atoms with E-state index < -0.39 is 0 Å². The van der Waals surface area contributed by atoms with Crippen molar-refractivity contribution in [3.05, 3.63) is 15.6 Å². The molecule has 3 nitrogen and oxygen atoms in total. The summed E-state index contributed by atoms with van der Waals surface area (Å²) < 4.78 is 0. The second kappa shape index (κ2) is 5.68. The maximum absolute atomic E-state index is 4.81. The first-order valence-electron chi connectivity index (χ1n) is 6.97. The molecule has 1 atom stereocenters. The van der Waals surface area contributed by atoms with E-state index >= 15 is 0 Å². The number of likely N-dealkylation sites (tertiary alicyclic amines) is 1. The highest BCUT2D eigenvalue weighted by Crippen LogP contribution is 2.36. The standard InChI is InChI=1S/C14H25N3S/c1-5-17-9-6-7-14(15-4,8-10-17)13-16-11(2)12(3)18-13/h15H,5-10H2,1-4H3. The van der Waals surface area contributed by atoms with E-state index in [2.05, 4.69) is 38.0 Å². The van der Waals surface area contributed by atoms with Gasteiger partial charge in [-0.3, -0.25) is 0 Å². The van der Waals surface area contributed by atoms with Crippen LogP contribution in [0.25, 0.3) is 0 Å². The van der Waals surface area contributed by atoms with Crippen molar-refractivity contribution in [2.45, 2.75) is 45.6 Å². The van der Waals surface area contributed by atoms with Crippen molar-refractivity contribution in [3.63, 3.8) is 0 Å². The molecule has 0 aliphatic carbocycles. The predicted octanol–water partition coefficient (Wildman–Crippen LogP) is 2.68. The van der Waals surface area contributed by atoms with Crippen LogP contribution >= 0.6 is 11.3 Å².